The molecule has 0 fully saturated rings. The van der Waals surface area contributed by atoms with Crippen LogP contribution in [0.5, 0.6) is 17.2 Å². The summed E-state index contributed by atoms with van der Waals surface area (Å²) >= 11 is 1.38. The lowest BCUT2D eigenvalue weighted by molar-refractivity contribution is -0.118. The van der Waals surface area contributed by atoms with Crippen molar-refractivity contribution in [3.8, 4) is 28.5 Å². The predicted octanol–water partition coefficient (Wildman–Crippen LogP) is 4.51. The first-order valence-corrected chi connectivity index (χ1v) is 11.1. The molecule has 2 N–H and O–H groups in total. The molecule has 170 valence electrons. The number of anilines is 2. The number of amides is 2. The van der Waals surface area contributed by atoms with Crippen molar-refractivity contribution in [3.05, 3.63) is 52.9 Å². The van der Waals surface area contributed by atoms with Crippen LogP contribution in [0.1, 0.15) is 17.4 Å². The molecule has 0 bridgehead atoms. The second kappa shape index (κ2) is 9.74. The highest BCUT2D eigenvalue weighted by molar-refractivity contribution is 7.16. The van der Waals surface area contributed by atoms with Gasteiger partial charge < -0.3 is 19.5 Å². The van der Waals surface area contributed by atoms with E-state index in [9.17, 15) is 9.59 Å². The SMILES string of the molecule is CCOc1ccc(/C=C/C(=O)Nc2nc(-c3ccc4c(c3)NC(=O)CO4)c(C)s2)cc1OC. The first-order valence-electron chi connectivity index (χ1n) is 10.3. The van der Waals surface area contributed by atoms with Crippen molar-refractivity contribution in [3.63, 3.8) is 0 Å². The zero-order chi connectivity index (χ0) is 23.4. The zero-order valence-electron chi connectivity index (χ0n) is 18.4. The third-order valence-corrected chi connectivity index (χ3v) is 5.71. The molecule has 0 atom stereocenters. The second-order valence-electron chi connectivity index (χ2n) is 7.14. The highest BCUT2D eigenvalue weighted by Gasteiger charge is 2.18. The average Bonchev–Trinajstić information content (AvgIpc) is 3.17. The summed E-state index contributed by atoms with van der Waals surface area (Å²) in [7, 11) is 1.57. The molecule has 2 aromatic carbocycles. The van der Waals surface area contributed by atoms with Crippen LogP contribution in [-0.2, 0) is 9.59 Å². The predicted molar refractivity (Wildman–Crippen MR) is 128 cm³/mol. The van der Waals surface area contributed by atoms with E-state index >= 15 is 0 Å². The van der Waals surface area contributed by atoms with Crippen LogP contribution in [0.2, 0.25) is 0 Å². The van der Waals surface area contributed by atoms with Gasteiger partial charge in [-0.05, 0) is 55.8 Å². The van der Waals surface area contributed by atoms with Gasteiger partial charge in [0.1, 0.15) is 5.75 Å². The molecule has 2 amide bonds. The van der Waals surface area contributed by atoms with Gasteiger partial charge in [0.25, 0.3) is 5.91 Å². The van der Waals surface area contributed by atoms with Crippen LogP contribution in [0, 0.1) is 6.92 Å². The van der Waals surface area contributed by atoms with Gasteiger partial charge in [0.15, 0.2) is 23.2 Å². The number of rotatable bonds is 7. The van der Waals surface area contributed by atoms with E-state index in [-0.39, 0.29) is 18.4 Å². The van der Waals surface area contributed by atoms with Crippen LogP contribution in [0.3, 0.4) is 0 Å². The van der Waals surface area contributed by atoms with Crippen molar-refractivity contribution in [2.24, 2.45) is 0 Å². The molecule has 2 heterocycles. The number of hydrogen-bond acceptors (Lipinski definition) is 7. The largest absolute Gasteiger partial charge is 0.493 e. The summed E-state index contributed by atoms with van der Waals surface area (Å²) in [5.41, 5.74) is 2.97. The highest BCUT2D eigenvalue weighted by atomic mass is 32.1. The number of hydrogen-bond donors (Lipinski definition) is 2. The molecular weight excluding hydrogens is 442 g/mol. The van der Waals surface area contributed by atoms with Crippen LogP contribution in [0.15, 0.2) is 42.5 Å². The standard InChI is InChI=1S/C24H23N3O5S/c1-4-31-19-8-5-15(11-20(19)30-3)6-10-21(28)26-24-27-23(14(2)33-24)16-7-9-18-17(12-16)25-22(29)13-32-18/h5-12H,4,13H2,1-3H3,(H,25,29)(H,26,27,28)/b10-6+. The smallest absolute Gasteiger partial charge is 0.262 e. The summed E-state index contributed by atoms with van der Waals surface area (Å²) in [6.45, 7) is 4.38. The fourth-order valence-corrected chi connectivity index (χ4v) is 4.17. The molecule has 9 heteroatoms. The Bertz CT molecular complexity index is 1230. The van der Waals surface area contributed by atoms with Gasteiger partial charge in [-0.15, -0.1) is 11.3 Å². The molecule has 0 aliphatic carbocycles. The normalized spacial score (nSPS) is 12.6. The summed E-state index contributed by atoms with van der Waals surface area (Å²) in [4.78, 5) is 29.5. The number of ether oxygens (including phenoxy) is 3. The van der Waals surface area contributed by atoms with Gasteiger partial charge in [-0.3, -0.25) is 14.9 Å². The van der Waals surface area contributed by atoms with Gasteiger partial charge in [0, 0.05) is 16.5 Å². The number of nitrogens with one attached hydrogen (secondary N) is 2. The zero-order valence-corrected chi connectivity index (χ0v) is 19.2. The van der Waals surface area contributed by atoms with E-state index in [1.165, 1.54) is 17.4 Å². The number of carbonyl (C=O) groups excluding carboxylic acids is 2. The van der Waals surface area contributed by atoms with E-state index in [0.29, 0.717) is 34.7 Å². The van der Waals surface area contributed by atoms with Crippen LogP contribution in [0.4, 0.5) is 10.8 Å². The van der Waals surface area contributed by atoms with Gasteiger partial charge in [-0.1, -0.05) is 6.07 Å². The molecule has 0 saturated carbocycles. The van der Waals surface area contributed by atoms with E-state index in [4.69, 9.17) is 14.2 Å². The van der Waals surface area contributed by atoms with Gasteiger partial charge in [0.05, 0.1) is 25.1 Å². The first kappa shape index (κ1) is 22.3. The second-order valence-corrected chi connectivity index (χ2v) is 8.34. The lowest BCUT2D eigenvalue weighted by Gasteiger charge is -2.18. The van der Waals surface area contributed by atoms with Crippen molar-refractivity contribution >= 4 is 40.0 Å². The third kappa shape index (κ3) is 5.15. The Morgan fingerprint density at radius 3 is 2.91 bits per heavy atom. The molecule has 0 spiro atoms. The molecule has 4 rings (SSSR count). The molecule has 1 aromatic heterocycles. The molecule has 33 heavy (non-hydrogen) atoms. The molecule has 8 nitrogen and oxygen atoms in total. The minimum atomic E-state index is -0.297. The molecule has 3 aromatic rings. The maximum atomic E-state index is 12.4. The van der Waals surface area contributed by atoms with Crippen molar-refractivity contribution in [2.45, 2.75) is 13.8 Å². The maximum absolute atomic E-state index is 12.4. The number of methoxy groups -OCH3 is 1. The monoisotopic (exact) mass is 465 g/mol. The Kier molecular flexibility index (Phi) is 6.60. The van der Waals surface area contributed by atoms with E-state index in [2.05, 4.69) is 15.6 Å². The number of nitrogens with zero attached hydrogens (tertiary/aromatic N) is 1. The van der Waals surface area contributed by atoms with Gasteiger partial charge >= 0.3 is 0 Å². The number of carbonyl (C=O) groups is 2. The summed E-state index contributed by atoms with van der Waals surface area (Å²) in [5, 5.41) is 6.09. The van der Waals surface area contributed by atoms with Crippen LogP contribution < -0.4 is 24.8 Å². The Hall–Kier alpha value is -3.85. The Labute approximate surface area is 195 Å². The van der Waals surface area contributed by atoms with E-state index < -0.39 is 0 Å². The Morgan fingerprint density at radius 1 is 1.27 bits per heavy atom. The summed E-state index contributed by atoms with van der Waals surface area (Å²) in [6, 6.07) is 11.0. The highest BCUT2D eigenvalue weighted by Crippen LogP contribution is 2.36. The molecule has 1 aliphatic heterocycles. The van der Waals surface area contributed by atoms with E-state index in [0.717, 1.165) is 21.7 Å². The summed E-state index contributed by atoms with van der Waals surface area (Å²) in [5.74, 6) is 1.39. The fourth-order valence-electron chi connectivity index (χ4n) is 3.33. The lowest BCUT2D eigenvalue weighted by atomic mass is 10.1. The Morgan fingerprint density at radius 2 is 2.12 bits per heavy atom. The van der Waals surface area contributed by atoms with Gasteiger partial charge in [-0.25, -0.2) is 4.98 Å². The summed E-state index contributed by atoms with van der Waals surface area (Å²) in [6.07, 6.45) is 3.14. The quantitative estimate of drug-likeness (QED) is 0.498. The number of aryl methyl sites for hydroxylation is 1. The molecule has 0 saturated heterocycles. The lowest BCUT2D eigenvalue weighted by Crippen LogP contribution is -2.25. The fraction of sp³-hybridized carbons (Fsp3) is 0.208. The van der Waals surface area contributed by atoms with Crippen molar-refractivity contribution in [1.82, 2.24) is 4.98 Å². The number of benzene rings is 2. The van der Waals surface area contributed by atoms with Crippen LogP contribution in [0.25, 0.3) is 17.3 Å². The number of aromatic nitrogens is 1. The molecule has 0 unspecified atom stereocenters. The number of thiazole rings is 1. The average molecular weight is 466 g/mol. The third-order valence-electron chi connectivity index (χ3n) is 4.83. The minimum absolute atomic E-state index is 0.00914. The molecule has 0 radical (unpaired) electrons. The summed E-state index contributed by atoms with van der Waals surface area (Å²) < 4.78 is 16.3. The van der Waals surface area contributed by atoms with Crippen molar-refractivity contribution in [1.29, 1.82) is 0 Å². The van der Waals surface area contributed by atoms with Crippen molar-refractivity contribution in [2.75, 3.05) is 31.0 Å². The first-order chi connectivity index (χ1) is 16.0. The topological polar surface area (TPSA) is 98.8 Å². The minimum Gasteiger partial charge on any atom is -0.493 e. The number of fused-ring (bicyclic) bond motifs is 1. The van der Waals surface area contributed by atoms with Crippen molar-refractivity contribution < 1.29 is 23.8 Å². The maximum Gasteiger partial charge on any atom is 0.262 e. The molecule has 1 aliphatic rings. The molecular formula is C24H23N3O5S. The van der Waals surface area contributed by atoms with E-state index in [1.54, 1.807) is 25.3 Å². The van der Waals surface area contributed by atoms with Crippen LogP contribution in [-0.4, -0.2) is 37.1 Å². The van der Waals surface area contributed by atoms with Crippen LogP contribution >= 0.6 is 11.3 Å². The van der Waals surface area contributed by atoms with Gasteiger partial charge in [0.2, 0.25) is 5.91 Å². The van der Waals surface area contributed by atoms with Gasteiger partial charge in [-0.2, -0.15) is 0 Å². The van der Waals surface area contributed by atoms with E-state index in [1.807, 2.05) is 38.1 Å². The Balaban J connectivity index is 1.46.